The van der Waals surface area contributed by atoms with Gasteiger partial charge in [-0.15, -0.1) is 0 Å². The number of hydrogen-bond acceptors (Lipinski definition) is 3. The van der Waals surface area contributed by atoms with Crippen molar-refractivity contribution < 1.29 is 4.74 Å². The largest absolute Gasteiger partial charge is 0.488 e. The Hall–Kier alpha value is -1.35. The molecular formula is C14H22N2O. The summed E-state index contributed by atoms with van der Waals surface area (Å²) in [6.07, 6.45) is 1.74. The number of aryl methyl sites for hydroxylation is 1. The van der Waals surface area contributed by atoms with E-state index in [0.717, 1.165) is 17.1 Å². The van der Waals surface area contributed by atoms with Gasteiger partial charge in [-0.3, -0.25) is 4.98 Å². The zero-order chi connectivity index (χ0) is 12.9. The molecule has 0 bridgehead atoms. The van der Waals surface area contributed by atoms with Gasteiger partial charge in [0, 0.05) is 17.8 Å². The molecule has 0 aromatic carbocycles. The van der Waals surface area contributed by atoms with Crippen LogP contribution >= 0.6 is 0 Å². The summed E-state index contributed by atoms with van der Waals surface area (Å²) in [7, 11) is 0. The predicted molar refractivity (Wildman–Crippen MR) is 71.3 cm³/mol. The number of pyridine rings is 1. The maximum Gasteiger partial charge on any atom is 0.142 e. The molecule has 1 aromatic heterocycles. The highest BCUT2D eigenvalue weighted by molar-refractivity contribution is 5.29. The molecule has 3 heteroatoms. The van der Waals surface area contributed by atoms with Crippen LogP contribution in [0, 0.1) is 6.92 Å². The van der Waals surface area contributed by atoms with Crippen LogP contribution in [0.25, 0.3) is 0 Å². The van der Waals surface area contributed by atoms with Gasteiger partial charge in [0.1, 0.15) is 12.4 Å². The Balaban J connectivity index is 2.79. The van der Waals surface area contributed by atoms with Gasteiger partial charge in [0.05, 0.1) is 5.69 Å². The molecule has 1 N–H and O–H groups in total. The van der Waals surface area contributed by atoms with Gasteiger partial charge in [0.25, 0.3) is 0 Å². The number of hydrogen-bond donors (Lipinski definition) is 1. The van der Waals surface area contributed by atoms with Gasteiger partial charge < -0.3 is 10.1 Å². The molecule has 3 nitrogen and oxygen atoms in total. The third-order valence-electron chi connectivity index (χ3n) is 2.21. The van der Waals surface area contributed by atoms with Crippen molar-refractivity contribution in [1.82, 2.24) is 10.3 Å². The second-order valence-corrected chi connectivity index (χ2v) is 5.10. The molecule has 0 saturated heterocycles. The van der Waals surface area contributed by atoms with Crippen LogP contribution in [0.5, 0.6) is 5.75 Å². The first-order chi connectivity index (χ1) is 7.92. The second-order valence-electron chi connectivity index (χ2n) is 5.10. The second kappa shape index (κ2) is 5.82. The summed E-state index contributed by atoms with van der Waals surface area (Å²) in [5.41, 5.74) is 2.02. The van der Waals surface area contributed by atoms with E-state index in [1.54, 1.807) is 6.08 Å². The lowest BCUT2D eigenvalue weighted by molar-refractivity contribution is 0.349. The van der Waals surface area contributed by atoms with Crippen molar-refractivity contribution in [3.63, 3.8) is 0 Å². The normalized spacial score (nSPS) is 11.3. The summed E-state index contributed by atoms with van der Waals surface area (Å²) in [5.74, 6) is 0.826. The highest BCUT2D eigenvalue weighted by Crippen LogP contribution is 2.17. The molecule has 0 amide bonds. The lowest BCUT2D eigenvalue weighted by Gasteiger charge is -2.21. The molecule has 0 spiro atoms. The zero-order valence-corrected chi connectivity index (χ0v) is 11.2. The third kappa shape index (κ3) is 5.00. The molecule has 0 saturated carbocycles. The molecule has 94 valence electrons. The summed E-state index contributed by atoms with van der Waals surface area (Å²) < 4.78 is 5.59. The third-order valence-corrected chi connectivity index (χ3v) is 2.21. The van der Waals surface area contributed by atoms with E-state index in [9.17, 15) is 0 Å². The van der Waals surface area contributed by atoms with Crippen molar-refractivity contribution in [3.05, 3.63) is 36.2 Å². The van der Waals surface area contributed by atoms with E-state index in [2.05, 4.69) is 37.7 Å². The summed E-state index contributed by atoms with van der Waals surface area (Å²) in [6.45, 7) is 13.2. The fraction of sp³-hybridized carbons (Fsp3) is 0.500. The first kappa shape index (κ1) is 13.7. The Labute approximate surface area is 104 Å². The molecule has 17 heavy (non-hydrogen) atoms. The van der Waals surface area contributed by atoms with Gasteiger partial charge in [-0.2, -0.15) is 0 Å². The lowest BCUT2D eigenvalue weighted by atomic mass is 10.1. The van der Waals surface area contributed by atoms with Crippen molar-refractivity contribution in [3.8, 4) is 5.75 Å². The molecule has 0 atom stereocenters. The van der Waals surface area contributed by atoms with Crippen molar-refractivity contribution in [2.45, 2.75) is 39.8 Å². The van der Waals surface area contributed by atoms with E-state index in [0.29, 0.717) is 13.2 Å². The van der Waals surface area contributed by atoms with Gasteiger partial charge in [-0.25, -0.2) is 0 Å². The van der Waals surface area contributed by atoms with Crippen molar-refractivity contribution in [2.75, 3.05) is 6.61 Å². The molecular weight excluding hydrogens is 212 g/mol. The Morgan fingerprint density at radius 3 is 2.71 bits per heavy atom. The minimum Gasteiger partial charge on any atom is -0.488 e. The van der Waals surface area contributed by atoms with Crippen LogP contribution in [0.15, 0.2) is 24.8 Å². The minimum atomic E-state index is 0.0706. The summed E-state index contributed by atoms with van der Waals surface area (Å²) in [6, 6.07) is 3.92. The molecule has 1 aromatic rings. The van der Waals surface area contributed by atoms with Crippen molar-refractivity contribution in [1.29, 1.82) is 0 Å². The van der Waals surface area contributed by atoms with E-state index >= 15 is 0 Å². The van der Waals surface area contributed by atoms with Crippen LogP contribution in [0.2, 0.25) is 0 Å². The van der Waals surface area contributed by atoms with Gasteiger partial charge in [-0.05, 0) is 39.8 Å². The van der Waals surface area contributed by atoms with Crippen LogP contribution in [-0.2, 0) is 6.54 Å². The number of ether oxygens (including phenoxy) is 1. The lowest BCUT2D eigenvalue weighted by Crippen LogP contribution is -2.35. The van der Waals surface area contributed by atoms with Gasteiger partial charge in [0.15, 0.2) is 0 Å². The predicted octanol–water partition coefficient (Wildman–Crippen LogP) is 2.84. The highest BCUT2D eigenvalue weighted by Gasteiger charge is 2.12. The summed E-state index contributed by atoms with van der Waals surface area (Å²) >= 11 is 0. The van der Waals surface area contributed by atoms with E-state index in [1.165, 1.54) is 0 Å². The number of rotatable bonds is 5. The van der Waals surface area contributed by atoms with Crippen molar-refractivity contribution >= 4 is 0 Å². The number of nitrogens with zero attached hydrogens (tertiary/aromatic N) is 1. The quantitative estimate of drug-likeness (QED) is 0.795. The number of nitrogens with one attached hydrogen (secondary N) is 1. The van der Waals surface area contributed by atoms with E-state index in [4.69, 9.17) is 4.74 Å². The minimum absolute atomic E-state index is 0.0706. The van der Waals surface area contributed by atoms with E-state index in [1.807, 2.05) is 19.1 Å². The Morgan fingerprint density at radius 2 is 2.12 bits per heavy atom. The maximum atomic E-state index is 5.59. The Bertz CT molecular complexity index is 380. The maximum absolute atomic E-state index is 5.59. The zero-order valence-electron chi connectivity index (χ0n) is 11.2. The molecule has 0 aliphatic rings. The smallest absolute Gasteiger partial charge is 0.142 e. The van der Waals surface area contributed by atoms with Crippen LogP contribution < -0.4 is 10.1 Å². The standard InChI is InChI=1S/C14H22N2O/c1-6-9-17-13-8-7-11(2)16-12(13)10-15-14(3,4)5/h6-8,15H,1,9-10H2,2-5H3. The summed E-state index contributed by atoms with van der Waals surface area (Å²) in [5, 5.41) is 3.41. The number of aromatic nitrogens is 1. The van der Waals surface area contributed by atoms with Crippen LogP contribution in [0.3, 0.4) is 0 Å². The highest BCUT2D eigenvalue weighted by atomic mass is 16.5. The molecule has 0 aliphatic carbocycles. The van der Waals surface area contributed by atoms with E-state index < -0.39 is 0 Å². The van der Waals surface area contributed by atoms with Gasteiger partial charge in [0.2, 0.25) is 0 Å². The Kier molecular flexibility index (Phi) is 4.70. The van der Waals surface area contributed by atoms with Gasteiger partial charge >= 0.3 is 0 Å². The topological polar surface area (TPSA) is 34.1 Å². The molecule has 1 heterocycles. The molecule has 0 fully saturated rings. The fourth-order valence-electron chi connectivity index (χ4n) is 1.35. The Morgan fingerprint density at radius 1 is 1.41 bits per heavy atom. The molecule has 0 aliphatic heterocycles. The van der Waals surface area contributed by atoms with Crippen LogP contribution in [-0.4, -0.2) is 17.1 Å². The van der Waals surface area contributed by atoms with Gasteiger partial charge in [-0.1, -0.05) is 12.7 Å². The molecule has 0 unspecified atom stereocenters. The van der Waals surface area contributed by atoms with Crippen LogP contribution in [0.4, 0.5) is 0 Å². The van der Waals surface area contributed by atoms with Crippen molar-refractivity contribution in [2.24, 2.45) is 0 Å². The SMILES string of the molecule is C=CCOc1ccc(C)nc1CNC(C)(C)C. The molecule has 0 radical (unpaired) electrons. The van der Waals surface area contributed by atoms with Crippen LogP contribution in [0.1, 0.15) is 32.2 Å². The molecule has 1 rings (SSSR count). The average Bonchev–Trinajstić information content (AvgIpc) is 2.24. The first-order valence-corrected chi connectivity index (χ1v) is 5.87. The van der Waals surface area contributed by atoms with E-state index in [-0.39, 0.29) is 5.54 Å². The average molecular weight is 234 g/mol. The fourth-order valence-corrected chi connectivity index (χ4v) is 1.35. The monoisotopic (exact) mass is 234 g/mol. The first-order valence-electron chi connectivity index (χ1n) is 5.87. The summed E-state index contributed by atoms with van der Waals surface area (Å²) in [4.78, 5) is 4.51.